The number of carbonyl (C=O) groups is 3. The molecule has 0 saturated heterocycles. The van der Waals surface area contributed by atoms with Gasteiger partial charge in [0.05, 0.1) is 13.0 Å². The van der Waals surface area contributed by atoms with Crippen molar-refractivity contribution in [2.75, 3.05) is 20.2 Å². The van der Waals surface area contributed by atoms with Crippen LogP contribution in [0.25, 0.3) is 22.5 Å². The zero-order chi connectivity index (χ0) is 36.1. The number of carboxylic acids is 1. The van der Waals surface area contributed by atoms with Crippen LogP contribution in [0.1, 0.15) is 87.7 Å². The van der Waals surface area contributed by atoms with Crippen LogP contribution in [0.5, 0.6) is 5.75 Å². The van der Waals surface area contributed by atoms with E-state index in [1.54, 1.807) is 31.6 Å². The molecule has 1 aromatic heterocycles. The molecule has 0 fully saturated rings. The second kappa shape index (κ2) is 18.1. The van der Waals surface area contributed by atoms with Crippen molar-refractivity contribution >= 4 is 17.8 Å². The number of nitrogens with one attached hydrogen (secondary N) is 1. The summed E-state index contributed by atoms with van der Waals surface area (Å²) in [5.74, 6) is -0.318. The van der Waals surface area contributed by atoms with Gasteiger partial charge in [0, 0.05) is 49.1 Å². The minimum atomic E-state index is -0.999. The van der Waals surface area contributed by atoms with E-state index in [0.717, 1.165) is 46.6 Å². The van der Waals surface area contributed by atoms with Gasteiger partial charge >= 0.3 is 5.97 Å². The smallest absolute Gasteiger partial charge is 0.305 e. The Morgan fingerprint density at radius 1 is 0.820 bits per heavy atom. The molecule has 1 atom stereocenters. The van der Waals surface area contributed by atoms with Gasteiger partial charge in [-0.25, -0.2) is 9.97 Å². The molecule has 0 bridgehead atoms. The summed E-state index contributed by atoms with van der Waals surface area (Å²) in [5, 5.41) is 12.0. The van der Waals surface area contributed by atoms with Crippen LogP contribution in [0.3, 0.4) is 0 Å². The highest BCUT2D eigenvalue weighted by Gasteiger charge is 2.26. The van der Waals surface area contributed by atoms with Crippen molar-refractivity contribution < 1.29 is 24.2 Å². The van der Waals surface area contributed by atoms with E-state index in [1.807, 2.05) is 60.7 Å². The SMILES string of the molecule is CCCCCCCOc1ccc(-c2cnc(-c3ccc(CC(NC(=O)c4ccc(C(C)(C)C)cc4)C(=O)N(C)CCC(=O)O)cc3)nc2)cc1. The van der Waals surface area contributed by atoms with Crippen LogP contribution < -0.4 is 10.1 Å². The molecule has 2 amide bonds. The number of carboxylic acid groups (broad SMARTS) is 1. The van der Waals surface area contributed by atoms with E-state index < -0.39 is 12.0 Å². The van der Waals surface area contributed by atoms with Crippen LogP contribution >= 0.6 is 0 Å². The van der Waals surface area contributed by atoms with E-state index in [9.17, 15) is 14.4 Å². The molecule has 0 saturated carbocycles. The topological polar surface area (TPSA) is 122 Å². The van der Waals surface area contributed by atoms with Gasteiger partial charge in [-0.1, -0.05) is 102 Å². The van der Waals surface area contributed by atoms with E-state index in [4.69, 9.17) is 9.84 Å². The molecular weight excluding hydrogens is 628 g/mol. The lowest BCUT2D eigenvalue weighted by atomic mass is 9.86. The fourth-order valence-corrected chi connectivity index (χ4v) is 5.49. The first-order chi connectivity index (χ1) is 23.9. The summed E-state index contributed by atoms with van der Waals surface area (Å²) in [6.45, 7) is 9.27. The van der Waals surface area contributed by atoms with Gasteiger partial charge in [-0.15, -0.1) is 0 Å². The van der Waals surface area contributed by atoms with Crippen LogP contribution in [0.15, 0.2) is 85.2 Å². The second-order valence-electron chi connectivity index (χ2n) is 13.7. The van der Waals surface area contributed by atoms with Crippen molar-refractivity contribution in [2.45, 2.75) is 84.1 Å². The fraction of sp³-hybridized carbons (Fsp3) is 0.390. The molecule has 0 aliphatic carbocycles. The zero-order valence-corrected chi connectivity index (χ0v) is 29.9. The molecular formula is C41H50N4O5. The largest absolute Gasteiger partial charge is 0.494 e. The van der Waals surface area contributed by atoms with Gasteiger partial charge in [0.2, 0.25) is 5.91 Å². The highest BCUT2D eigenvalue weighted by atomic mass is 16.5. The van der Waals surface area contributed by atoms with Crippen LogP contribution in [-0.2, 0) is 21.4 Å². The fourth-order valence-electron chi connectivity index (χ4n) is 5.49. The van der Waals surface area contributed by atoms with Gasteiger partial charge in [0.25, 0.3) is 5.91 Å². The molecule has 1 unspecified atom stereocenters. The molecule has 4 aromatic rings. The Bertz CT molecular complexity index is 1680. The number of amides is 2. The summed E-state index contributed by atoms with van der Waals surface area (Å²) in [7, 11) is 1.55. The number of likely N-dealkylation sites (N-methyl/N-ethyl adjacent to an activating group) is 1. The van der Waals surface area contributed by atoms with Crippen molar-refractivity contribution in [3.63, 3.8) is 0 Å². The number of hydrogen-bond acceptors (Lipinski definition) is 6. The molecule has 3 aromatic carbocycles. The molecule has 1 heterocycles. The summed E-state index contributed by atoms with van der Waals surface area (Å²) >= 11 is 0. The van der Waals surface area contributed by atoms with E-state index in [1.165, 1.54) is 30.6 Å². The van der Waals surface area contributed by atoms with Crippen LogP contribution in [0.2, 0.25) is 0 Å². The average Bonchev–Trinajstić information content (AvgIpc) is 3.11. The first-order valence-electron chi connectivity index (χ1n) is 17.5. The molecule has 0 aliphatic heterocycles. The monoisotopic (exact) mass is 678 g/mol. The number of aromatic nitrogens is 2. The van der Waals surface area contributed by atoms with Gasteiger partial charge in [0.1, 0.15) is 11.8 Å². The van der Waals surface area contributed by atoms with Gasteiger partial charge < -0.3 is 20.1 Å². The van der Waals surface area contributed by atoms with E-state index in [2.05, 4.69) is 43.0 Å². The van der Waals surface area contributed by atoms with Crippen molar-refractivity contribution in [1.82, 2.24) is 20.2 Å². The van der Waals surface area contributed by atoms with Gasteiger partial charge in [-0.2, -0.15) is 0 Å². The lowest BCUT2D eigenvalue weighted by Crippen LogP contribution is -2.49. The predicted octanol–water partition coefficient (Wildman–Crippen LogP) is 7.73. The molecule has 2 N–H and O–H groups in total. The number of ether oxygens (including phenoxy) is 1. The number of nitrogens with zero attached hydrogens (tertiary/aromatic N) is 3. The Labute approximate surface area is 296 Å². The number of hydrogen-bond donors (Lipinski definition) is 2. The summed E-state index contributed by atoms with van der Waals surface area (Å²) in [5.41, 5.74) is 5.00. The molecule has 264 valence electrons. The lowest BCUT2D eigenvalue weighted by molar-refractivity contribution is -0.138. The Kier molecular flexibility index (Phi) is 13.7. The Morgan fingerprint density at radius 3 is 2.04 bits per heavy atom. The molecule has 4 rings (SSSR count). The first-order valence-corrected chi connectivity index (χ1v) is 17.5. The molecule has 9 nitrogen and oxygen atoms in total. The van der Waals surface area contributed by atoms with E-state index in [0.29, 0.717) is 11.4 Å². The highest BCUT2D eigenvalue weighted by Crippen LogP contribution is 2.25. The maximum atomic E-state index is 13.5. The third-order valence-corrected chi connectivity index (χ3v) is 8.66. The molecule has 0 aliphatic rings. The normalized spacial score (nSPS) is 11.9. The number of unbranched alkanes of at least 4 members (excludes halogenated alkanes) is 4. The summed E-state index contributed by atoms with van der Waals surface area (Å²) in [6, 6.07) is 22.0. The van der Waals surface area contributed by atoms with E-state index >= 15 is 0 Å². The number of rotatable bonds is 17. The van der Waals surface area contributed by atoms with Crippen molar-refractivity contribution in [2.24, 2.45) is 0 Å². The second-order valence-corrected chi connectivity index (χ2v) is 13.7. The molecule has 0 spiro atoms. The Hall–Kier alpha value is -5.05. The van der Waals surface area contributed by atoms with Crippen LogP contribution in [-0.4, -0.2) is 64.0 Å². The average molecular weight is 679 g/mol. The number of carbonyl (C=O) groups excluding carboxylic acids is 2. The van der Waals surface area contributed by atoms with Gasteiger partial charge in [-0.05, 0) is 52.8 Å². The summed E-state index contributed by atoms with van der Waals surface area (Å²) in [6.07, 6.45) is 9.64. The third kappa shape index (κ3) is 11.3. The third-order valence-electron chi connectivity index (χ3n) is 8.66. The number of benzene rings is 3. The quantitative estimate of drug-likeness (QED) is 0.110. The molecule has 50 heavy (non-hydrogen) atoms. The molecule has 9 heteroatoms. The zero-order valence-electron chi connectivity index (χ0n) is 29.9. The van der Waals surface area contributed by atoms with Crippen molar-refractivity contribution in [3.8, 4) is 28.3 Å². The minimum absolute atomic E-state index is 0.0319. The highest BCUT2D eigenvalue weighted by molar-refractivity contribution is 5.97. The Morgan fingerprint density at radius 2 is 1.44 bits per heavy atom. The van der Waals surface area contributed by atoms with Gasteiger partial charge in [-0.3, -0.25) is 14.4 Å². The van der Waals surface area contributed by atoms with Crippen molar-refractivity contribution in [3.05, 3.63) is 102 Å². The standard InChI is InChI=1S/C41H50N4O5/c1-6-7-8-9-10-25-50-35-21-17-30(18-22-35)33-27-42-38(43-28-33)31-13-11-29(12-14-31)26-36(40(49)45(5)24-23-37(46)47)44-39(48)32-15-19-34(20-16-32)41(2,3)4/h11-22,27-28,36H,6-10,23-26H2,1-5H3,(H,44,48)(H,46,47). The summed E-state index contributed by atoms with van der Waals surface area (Å²) < 4.78 is 5.89. The first kappa shape index (κ1) is 37.8. The minimum Gasteiger partial charge on any atom is -0.494 e. The lowest BCUT2D eigenvalue weighted by Gasteiger charge is -2.25. The van der Waals surface area contributed by atoms with Crippen LogP contribution in [0, 0.1) is 0 Å². The predicted molar refractivity (Wildman–Crippen MR) is 197 cm³/mol. The van der Waals surface area contributed by atoms with Crippen LogP contribution in [0.4, 0.5) is 0 Å². The maximum Gasteiger partial charge on any atom is 0.305 e. The van der Waals surface area contributed by atoms with Gasteiger partial charge in [0.15, 0.2) is 5.82 Å². The Balaban J connectivity index is 1.41. The van der Waals surface area contributed by atoms with Crippen molar-refractivity contribution in [1.29, 1.82) is 0 Å². The summed E-state index contributed by atoms with van der Waals surface area (Å²) in [4.78, 5) is 48.4. The maximum absolute atomic E-state index is 13.5. The number of aliphatic carboxylic acids is 1. The molecule has 0 radical (unpaired) electrons. The van der Waals surface area contributed by atoms with E-state index in [-0.39, 0.29) is 36.6 Å².